The average molecular weight is 437 g/mol. The summed E-state index contributed by atoms with van der Waals surface area (Å²) in [5.74, 6) is 0.648. The lowest BCUT2D eigenvalue weighted by Gasteiger charge is -2.40. The van der Waals surface area contributed by atoms with Crippen molar-refractivity contribution in [3.05, 3.63) is 39.9 Å². The Morgan fingerprint density at radius 2 is 1.96 bits per heavy atom. The van der Waals surface area contributed by atoms with Crippen molar-refractivity contribution in [2.24, 2.45) is 0 Å². The molecule has 148 valence electrons. The normalized spacial score (nSPS) is 18.6. The van der Waals surface area contributed by atoms with E-state index in [-0.39, 0.29) is 11.0 Å². The third kappa shape index (κ3) is 3.68. The summed E-state index contributed by atoms with van der Waals surface area (Å²) >= 11 is 13.7. The van der Waals surface area contributed by atoms with Crippen molar-refractivity contribution in [3.8, 4) is 0 Å². The highest BCUT2D eigenvalue weighted by Crippen LogP contribution is 2.36. The molecular formula is C19H22Cl2N6S. The quantitative estimate of drug-likeness (QED) is 0.499. The molecule has 0 aliphatic carbocycles. The van der Waals surface area contributed by atoms with Crippen LogP contribution in [0, 0.1) is 10.8 Å². The van der Waals surface area contributed by atoms with Gasteiger partial charge in [0.15, 0.2) is 0 Å². The van der Waals surface area contributed by atoms with Crippen molar-refractivity contribution in [1.82, 2.24) is 14.9 Å². The van der Waals surface area contributed by atoms with Crippen LogP contribution in [0.15, 0.2) is 34.2 Å². The summed E-state index contributed by atoms with van der Waals surface area (Å²) < 4.78 is 1.53. The van der Waals surface area contributed by atoms with Gasteiger partial charge in [-0.3, -0.25) is 15.4 Å². The second-order valence-electron chi connectivity index (χ2n) is 7.22. The zero-order valence-corrected chi connectivity index (χ0v) is 17.7. The maximum Gasteiger partial charge on any atom is 0.212 e. The van der Waals surface area contributed by atoms with Crippen LogP contribution in [0.4, 0.5) is 5.95 Å². The molecule has 2 fully saturated rings. The van der Waals surface area contributed by atoms with Gasteiger partial charge >= 0.3 is 0 Å². The molecular weight excluding hydrogens is 415 g/mol. The van der Waals surface area contributed by atoms with E-state index in [2.05, 4.69) is 15.2 Å². The summed E-state index contributed by atoms with van der Waals surface area (Å²) in [6.07, 6.45) is 7.46. The fourth-order valence-corrected chi connectivity index (χ4v) is 5.36. The highest BCUT2D eigenvalue weighted by Gasteiger charge is 2.37. The van der Waals surface area contributed by atoms with Gasteiger partial charge in [-0.1, -0.05) is 41.0 Å². The zero-order chi connectivity index (χ0) is 19.7. The van der Waals surface area contributed by atoms with Crippen molar-refractivity contribution in [3.63, 3.8) is 0 Å². The molecule has 28 heavy (non-hydrogen) atoms. The molecule has 2 aliphatic rings. The van der Waals surface area contributed by atoms with E-state index in [1.165, 1.54) is 29.2 Å². The molecule has 2 aromatic rings. The predicted molar refractivity (Wildman–Crippen MR) is 114 cm³/mol. The van der Waals surface area contributed by atoms with Crippen LogP contribution in [-0.4, -0.2) is 41.1 Å². The Morgan fingerprint density at radius 3 is 2.64 bits per heavy atom. The van der Waals surface area contributed by atoms with Crippen LogP contribution < -0.4 is 15.7 Å². The van der Waals surface area contributed by atoms with Crippen LogP contribution in [0.2, 0.25) is 10.0 Å². The molecule has 6 nitrogen and oxygen atoms in total. The van der Waals surface area contributed by atoms with Gasteiger partial charge in [-0.05, 0) is 44.4 Å². The largest absolute Gasteiger partial charge is 0.342 e. The van der Waals surface area contributed by atoms with Crippen molar-refractivity contribution < 1.29 is 0 Å². The Balaban J connectivity index is 1.59. The highest BCUT2D eigenvalue weighted by atomic mass is 35.5. The molecule has 0 amide bonds. The Kier molecular flexibility index (Phi) is 5.69. The number of hydrogen-bond donors (Lipinski definition) is 3. The first-order valence-corrected chi connectivity index (χ1v) is 10.9. The van der Waals surface area contributed by atoms with Gasteiger partial charge in [0, 0.05) is 29.7 Å². The predicted octanol–water partition coefficient (Wildman–Crippen LogP) is 4.00. The summed E-state index contributed by atoms with van der Waals surface area (Å²) in [6.45, 7) is 2.85. The van der Waals surface area contributed by atoms with E-state index in [0.29, 0.717) is 20.9 Å². The molecule has 0 unspecified atom stereocenters. The van der Waals surface area contributed by atoms with Gasteiger partial charge in [0.1, 0.15) is 5.49 Å². The van der Waals surface area contributed by atoms with Crippen LogP contribution in [-0.2, 0) is 0 Å². The molecule has 1 spiro atoms. The Hall–Kier alpha value is -1.54. The number of rotatable bonds is 4. The van der Waals surface area contributed by atoms with Crippen LogP contribution in [0.1, 0.15) is 25.7 Å². The van der Waals surface area contributed by atoms with Gasteiger partial charge in [-0.2, -0.15) is 0 Å². The molecule has 0 bridgehead atoms. The molecule has 1 aromatic heterocycles. The summed E-state index contributed by atoms with van der Waals surface area (Å²) in [5, 5.41) is 21.0. The molecule has 2 aliphatic heterocycles. The number of benzene rings is 1. The second kappa shape index (κ2) is 8.06. The minimum Gasteiger partial charge on any atom is -0.342 e. The first kappa shape index (κ1) is 19.8. The van der Waals surface area contributed by atoms with Gasteiger partial charge in [0.25, 0.3) is 0 Å². The topological polar surface area (TPSA) is 80.8 Å². The van der Waals surface area contributed by atoms with Crippen molar-refractivity contribution in [1.29, 1.82) is 10.8 Å². The van der Waals surface area contributed by atoms with E-state index in [1.54, 1.807) is 12.3 Å². The smallest absolute Gasteiger partial charge is 0.212 e. The minimum absolute atomic E-state index is 0.223. The number of anilines is 1. The SMILES string of the molecule is N=Cn1c(N2CCC3(CCCN3)CC2)ncc(Sc2cccc(Cl)c2Cl)c1=N. The van der Waals surface area contributed by atoms with Crippen molar-refractivity contribution in [2.75, 3.05) is 24.5 Å². The summed E-state index contributed by atoms with van der Waals surface area (Å²) in [4.78, 5) is 8.17. The highest BCUT2D eigenvalue weighted by molar-refractivity contribution is 7.99. The van der Waals surface area contributed by atoms with Gasteiger partial charge in [-0.25, -0.2) is 4.98 Å². The maximum atomic E-state index is 8.58. The molecule has 0 saturated carbocycles. The van der Waals surface area contributed by atoms with E-state index in [0.717, 1.165) is 43.7 Å². The first-order valence-electron chi connectivity index (χ1n) is 9.32. The third-order valence-corrected chi connectivity index (χ3v) is 7.60. The molecule has 3 N–H and O–H groups in total. The maximum absolute atomic E-state index is 8.58. The van der Waals surface area contributed by atoms with Crippen molar-refractivity contribution >= 4 is 47.3 Å². The third-order valence-electron chi connectivity index (χ3n) is 5.59. The Bertz CT molecular complexity index is 944. The lowest BCUT2D eigenvalue weighted by molar-refractivity contribution is 0.295. The lowest BCUT2D eigenvalue weighted by Crippen LogP contribution is -2.51. The number of hydrogen-bond acceptors (Lipinski definition) is 6. The van der Waals surface area contributed by atoms with Gasteiger partial charge in [0.05, 0.1) is 21.3 Å². The molecule has 3 heterocycles. The van der Waals surface area contributed by atoms with Gasteiger partial charge in [-0.15, -0.1) is 0 Å². The van der Waals surface area contributed by atoms with Crippen LogP contribution in [0.25, 0.3) is 0 Å². The van der Waals surface area contributed by atoms with Gasteiger partial charge in [0.2, 0.25) is 5.95 Å². The van der Waals surface area contributed by atoms with E-state index in [1.807, 2.05) is 12.1 Å². The number of piperidine rings is 1. The number of aromatic nitrogens is 2. The van der Waals surface area contributed by atoms with E-state index >= 15 is 0 Å². The Labute approximate surface area is 178 Å². The van der Waals surface area contributed by atoms with E-state index < -0.39 is 0 Å². The number of nitrogens with one attached hydrogen (secondary N) is 3. The van der Waals surface area contributed by atoms with Crippen LogP contribution >= 0.6 is 35.0 Å². The number of halogens is 2. The van der Waals surface area contributed by atoms with E-state index in [4.69, 9.17) is 34.0 Å². The Morgan fingerprint density at radius 1 is 1.18 bits per heavy atom. The van der Waals surface area contributed by atoms with Gasteiger partial charge < -0.3 is 10.2 Å². The first-order chi connectivity index (χ1) is 13.5. The van der Waals surface area contributed by atoms with Crippen molar-refractivity contribution in [2.45, 2.75) is 41.0 Å². The molecule has 0 atom stereocenters. The van der Waals surface area contributed by atoms with Crippen LogP contribution in [0.3, 0.4) is 0 Å². The minimum atomic E-state index is 0.223. The lowest BCUT2D eigenvalue weighted by atomic mass is 9.86. The molecule has 9 heteroatoms. The molecule has 1 aromatic carbocycles. The summed E-state index contributed by atoms with van der Waals surface area (Å²) in [7, 11) is 0. The fraction of sp³-hybridized carbons (Fsp3) is 0.421. The summed E-state index contributed by atoms with van der Waals surface area (Å²) in [6, 6.07) is 5.42. The average Bonchev–Trinajstić information content (AvgIpc) is 3.15. The standard InChI is InChI=1S/C19H22Cl2N6S/c20-13-3-1-4-14(16(13)21)28-15-11-24-18(27(12-22)17(15)23)26-9-6-19(7-10-26)5-2-8-25-19/h1,3-4,11-12,22-23,25H,2,5-10H2. The monoisotopic (exact) mass is 436 g/mol. The summed E-state index contributed by atoms with van der Waals surface area (Å²) in [5.41, 5.74) is 0.495. The van der Waals surface area contributed by atoms with E-state index in [9.17, 15) is 0 Å². The molecule has 0 radical (unpaired) electrons. The zero-order valence-electron chi connectivity index (χ0n) is 15.3. The second-order valence-corrected chi connectivity index (χ2v) is 9.09. The van der Waals surface area contributed by atoms with Crippen LogP contribution in [0.5, 0.6) is 0 Å². The molecule has 2 saturated heterocycles. The molecule has 4 rings (SSSR count). The fourth-order valence-electron chi connectivity index (χ4n) is 4.00. The number of nitrogens with zero attached hydrogens (tertiary/aromatic N) is 3.